The van der Waals surface area contributed by atoms with E-state index in [1.165, 1.54) is 41.3 Å². The second-order valence-electron chi connectivity index (χ2n) is 11.8. The Morgan fingerprint density at radius 2 is 1.53 bits per heavy atom. The van der Waals surface area contributed by atoms with E-state index in [1.807, 2.05) is 6.07 Å². The summed E-state index contributed by atoms with van der Waals surface area (Å²) in [4.78, 5) is 14.5. The molecule has 2 fully saturated rings. The van der Waals surface area contributed by atoms with E-state index in [0.717, 1.165) is 36.6 Å². The van der Waals surface area contributed by atoms with Crippen LogP contribution in [0.3, 0.4) is 0 Å². The van der Waals surface area contributed by atoms with Crippen molar-refractivity contribution in [2.45, 2.75) is 61.1 Å². The molecule has 2 atom stereocenters. The summed E-state index contributed by atoms with van der Waals surface area (Å²) < 4.78 is 68.0. The molecule has 6 rings (SSSR count). The van der Waals surface area contributed by atoms with Crippen molar-refractivity contribution in [3.63, 3.8) is 0 Å². The summed E-state index contributed by atoms with van der Waals surface area (Å²) in [5.41, 5.74) is 6.88. The molecule has 1 amide bonds. The number of nitrogens with zero attached hydrogens (tertiary/aromatic N) is 1. The Labute approximate surface area is 266 Å². The third-order valence-electron chi connectivity index (χ3n) is 8.56. The highest BCUT2D eigenvalue weighted by Crippen LogP contribution is 2.36. The van der Waals surface area contributed by atoms with Gasteiger partial charge in [0.25, 0.3) is 5.92 Å². The smallest absolute Gasteiger partial charge is 0.298 e. The van der Waals surface area contributed by atoms with Crippen molar-refractivity contribution >= 4 is 38.3 Å². The second-order valence-corrected chi connectivity index (χ2v) is 13.9. The van der Waals surface area contributed by atoms with Gasteiger partial charge in [0.05, 0.1) is 11.0 Å². The molecule has 11 heteroatoms. The van der Waals surface area contributed by atoms with Gasteiger partial charge in [-0.3, -0.25) is 4.79 Å². The summed E-state index contributed by atoms with van der Waals surface area (Å²) in [6.07, 6.45) is 4.87. The predicted octanol–water partition coefficient (Wildman–Crippen LogP) is 6.48. The Morgan fingerprint density at radius 1 is 0.911 bits per heavy atom. The first-order valence-electron chi connectivity index (χ1n) is 15.0. The minimum atomic E-state index is -4.57. The standard InChI is InChI=1S/C34H34ClF2N3O4S/c35-27-13-7-23(8-14-27)22-5-11-26(12-6-22)34(36,37)32(33(41)40-18-17-28(38)21-40)39-45(42,43)31-16-10-24-19-30(15-9-25(24)20-31)44-29-3-1-2-4-29/h5-16,19-20,28-29,32,39H,1-4,17-18,21,38H2/t28-,32?/m0/s1. The van der Waals surface area contributed by atoms with Crippen LogP contribution in [0.15, 0.2) is 89.8 Å². The Hall–Kier alpha value is -3.57. The van der Waals surface area contributed by atoms with E-state index in [4.69, 9.17) is 22.1 Å². The summed E-state index contributed by atoms with van der Waals surface area (Å²) in [5, 5.41) is 1.88. The number of fused-ring (bicyclic) bond motifs is 1. The molecule has 0 bridgehead atoms. The molecule has 1 saturated heterocycles. The number of likely N-dealkylation sites (tertiary alicyclic amines) is 1. The molecule has 3 N–H and O–H groups in total. The molecular formula is C34H34ClF2N3O4S. The fourth-order valence-corrected chi connectivity index (χ4v) is 7.36. The van der Waals surface area contributed by atoms with Crippen molar-refractivity contribution in [3.8, 4) is 16.9 Å². The van der Waals surface area contributed by atoms with Crippen molar-refractivity contribution in [1.82, 2.24) is 9.62 Å². The zero-order valence-electron chi connectivity index (χ0n) is 24.5. The quantitative estimate of drug-likeness (QED) is 0.215. The number of hydrogen-bond acceptors (Lipinski definition) is 5. The number of hydrogen-bond donors (Lipinski definition) is 2. The fraction of sp³-hybridized carbons (Fsp3) is 0.324. The number of rotatable bonds is 9. The van der Waals surface area contributed by atoms with Crippen LogP contribution in [-0.2, 0) is 20.7 Å². The molecule has 1 aliphatic carbocycles. The van der Waals surface area contributed by atoms with Crippen LogP contribution in [0.2, 0.25) is 5.02 Å². The molecule has 1 unspecified atom stereocenters. The molecule has 0 spiro atoms. The molecule has 45 heavy (non-hydrogen) atoms. The molecule has 4 aromatic rings. The van der Waals surface area contributed by atoms with Crippen molar-refractivity contribution < 1.29 is 26.7 Å². The number of amides is 1. The molecule has 2 aliphatic rings. The lowest BCUT2D eigenvalue weighted by Crippen LogP contribution is -2.56. The maximum absolute atomic E-state index is 16.3. The van der Waals surface area contributed by atoms with Gasteiger partial charge < -0.3 is 15.4 Å². The van der Waals surface area contributed by atoms with E-state index in [0.29, 0.717) is 28.1 Å². The summed E-state index contributed by atoms with van der Waals surface area (Å²) >= 11 is 5.97. The maximum Gasteiger partial charge on any atom is 0.298 e. The first-order valence-corrected chi connectivity index (χ1v) is 16.9. The van der Waals surface area contributed by atoms with E-state index in [-0.39, 0.29) is 30.1 Å². The number of ether oxygens (including phenoxy) is 1. The van der Waals surface area contributed by atoms with Crippen molar-refractivity contribution in [3.05, 3.63) is 95.5 Å². The molecule has 1 saturated carbocycles. The average Bonchev–Trinajstić information content (AvgIpc) is 3.71. The lowest BCUT2D eigenvalue weighted by atomic mass is 9.97. The lowest BCUT2D eigenvalue weighted by Gasteiger charge is -2.30. The van der Waals surface area contributed by atoms with E-state index in [1.54, 1.807) is 42.5 Å². The van der Waals surface area contributed by atoms with Gasteiger partial charge in [0.2, 0.25) is 15.9 Å². The monoisotopic (exact) mass is 653 g/mol. The molecule has 236 valence electrons. The maximum atomic E-state index is 16.3. The number of benzene rings is 4. The highest BCUT2D eigenvalue weighted by Gasteiger charge is 2.50. The number of carbonyl (C=O) groups is 1. The largest absolute Gasteiger partial charge is 0.490 e. The normalized spacial score (nSPS) is 18.4. The number of carbonyl (C=O) groups excluding carboxylic acids is 1. The molecule has 0 radical (unpaired) electrons. The lowest BCUT2D eigenvalue weighted by molar-refractivity contribution is -0.143. The predicted molar refractivity (Wildman–Crippen MR) is 171 cm³/mol. The number of nitrogens with one attached hydrogen (secondary N) is 1. The second kappa shape index (κ2) is 12.7. The number of alkyl halides is 2. The van der Waals surface area contributed by atoms with E-state index in [2.05, 4.69) is 4.72 Å². The van der Waals surface area contributed by atoms with E-state index < -0.39 is 33.5 Å². The molecule has 0 aromatic heterocycles. The van der Waals surface area contributed by atoms with Crippen LogP contribution in [0.4, 0.5) is 8.78 Å². The van der Waals surface area contributed by atoms with Crippen LogP contribution in [0, 0.1) is 0 Å². The first kappa shape index (κ1) is 31.4. The van der Waals surface area contributed by atoms with Gasteiger partial charge in [-0.05, 0) is 90.4 Å². The Bertz CT molecular complexity index is 1800. The minimum absolute atomic E-state index is 0.0594. The molecular weight excluding hydrogens is 620 g/mol. The number of nitrogens with two attached hydrogens (primary N) is 1. The van der Waals surface area contributed by atoms with Gasteiger partial charge in [-0.25, -0.2) is 8.42 Å². The van der Waals surface area contributed by atoms with Crippen LogP contribution >= 0.6 is 11.6 Å². The highest BCUT2D eigenvalue weighted by atomic mass is 35.5. The molecule has 1 aliphatic heterocycles. The molecule has 4 aromatic carbocycles. The molecule has 7 nitrogen and oxygen atoms in total. The topological polar surface area (TPSA) is 102 Å². The van der Waals surface area contributed by atoms with E-state index in [9.17, 15) is 13.2 Å². The third kappa shape index (κ3) is 6.84. The zero-order valence-corrected chi connectivity index (χ0v) is 26.0. The highest BCUT2D eigenvalue weighted by molar-refractivity contribution is 7.89. The van der Waals surface area contributed by atoms with Gasteiger partial charge in [-0.15, -0.1) is 0 Å². The third-order valence-corrected chi connectivity index (χ3v) is 10.2. The average molecular weight is 654 g/mol. The molecule has 1 heterocycles. The summed E-state index contributed by atoms with van der Waals surface area (Å²) in [6, 6.07) is 19.3. The van der Waals surface area contributed by atoms with Gasteiger partial charge in [0.15, 0.2) is 6.04 Å². The fourth-order valence-electron chi connectivity index (χ4n) is 6.01. The van der Waals surface area contributed by atoms with Crippen LogP contribution in [0.1, 0.15) is 37.7 Å². The Kier molecular flexibility index (Phi) is 8.85. The van der Waals surface area contributed by atoms with Gasteiger partial charge in [-0.1, -0.05) is 60.1 Å². The van der Waals surface area contributed by atoms with Crippen LogP contribution in [-0.4, -0.2) is 50.5 Å². The zero-order chi connectivity index (χ0) is 31.8. The van der Waals surface area contributed by atoms with Gasteiger partial charge in [0, 0.05) is 29.7 Å². The Balaban J connectivity index is 1.29. The Morgan fingerprint density at radius 3 is 2.18 bits per heavy atom. The van der Waals surface area contributed by atoms with Gasteiger partial charge in [-0.2, -0.15) is 13.5 Å². The van der Waals surface area contributed by atoms with E-state index >= 15 is 8.78 Å². The summed E-state index contributed by atoms with van der Waals surface area (Å²) in [7, 11) is -4.57. The van der Waals surface area contributed by atoms with Crippen LogP contribution in [0.5, 0.6) is 5.75 Å². The van der Waals surface area contributed by atoms with Crippen LogP contribution in [0.25, 0.3) is 21.9 Å². The summed E-state index contributed by atoms with van der Waals surface area (Å²) in [6.45, 7) is 0.217. The van der Waals surface area contributed by atoms with Crippen molar-refractivity contribution in [2.75, 3.05) is 13.1 Å². The number of sulfonamides is 1. The first-order chi connectivity index (χ1) is 21.5. The van der Waals surface area contributed by atoms with Crippen molar-refractivity contribution in [2.24, 2.45) is 5.73 Å². The van der Waals surface area contributed by atoms with Gasteiger partial charge >= 0.3 is 0 Å². The number of halogens is 3. The van der Waals surface area contributed by atoms with Gasteiger partial charge in [0.1, 0.15) is 5.75 Å². The SMILES string of the molecule is N[C@H]1CCN(C(=O)C(NS(=O)(=O)c2ccc3cc(OC4CCCC4)ccc3c2)C(F)(F)c2ccc(-c3ccc(Cl)cc3)cc2)C1. The minimum Gasteiger partial charge on any atom is -0.490 e. The van der Waals surface area contributed by atoms with Crippen molar-refractivity contribution in [1.29, 1.82) is 0 Å². The summed E-state index contributed by atoms with van der Waals surface area (Å²) in [5.74, 6) is -4.23. The van der Waals surface area contributed by atoms with Crippen LogP contribution < -0.4 is 15.2 Å².